The summed E-state index contributed by atoms with van der Waals surface area (Å²) in [5, 5.41) is 0. The van der Waals surface area contributed by atoms with Gasteiger partial charge in [-0.2, -0.15) is 0 Å². The van der Waals surface area contributed by atoms with Gasteiger partial charge >= 0.3 is 0 Å². The van der Waals surface area contributed by atoms with E-state index in [-0.39, 0.29) is 6.04 Å². The second-order valence-corrected chi connectivity index (χ2v) is 6.96. The summed E-state index contributed by atoms with van der Waals surface area (Å²) in [4.78, 5) is 2.45. The summed E-state index contributed by atoms with van der Waals surface area (Å²) >= 11 is 0. The van der Waals surface area contributed by atoms with Crippen LogP contribution in [0.15, 0.2) is 12.3 Å². The van der Waals surface area contributed by atoms with E-state index in [9.17, 15) is 0 Å². The standard InChI is InChI=1S/C16H27N3/c1-16(7-10-18(2)11-8-16)12-19-9-6-13-14(17)4-3-5-15(13)19/h6,9,14H,3-5,7-8,10-12,17H2,1-2H3. The lowest BCUT2D eigenvalue weighted by atomic mass is 9.80. The Morgan fingerprint density at radius 1 is 1.37 bits per heavy atom. The molecule has 106 valence electrons. The summed E-state index contributed by atoms with van der Waals surface area (Å²) in [6.45, 7) is 6.09. The lowest BCUT2D eigenvalue weighted by Crippen LogP contribution is -2.38. The highest BCUT2D eigenvalue weighted by atomic mass is 15.1. The van der Waals surface area contributed by atoms with Crippen molar-refractivity contribution in [3.63, 3.8) is 0 Å². The number of piperidine rings is 1. The van der Waals surface area contributed by atoms with Crippen molar-refractivity contribution >= 4 is 0 Å². The topological polar surface area (TPSA) is 34.2 Å². The molecule has 1 atom stereocenters. The third-order valence-electron chi connectivity index (χ3n) is 5.19. The molecule has 0 amide bonds. The maximum atomic E-state index is 6.22. The molecule has 2 aliphatic rings. The fourth-order valence-electron chi connectivity index (χ4n) is 3.67. The summed E-state index contributed by atoms with van der Waals surface area (Å²) in [7, 11) is 2.23. The molecule has 19 heavy (non-hydrogen) atoms. The maximum Gasteiger partial charge on any atom is 0.0312 e. The molecular formula is C16H27N3. The zero-order chi connectivity index (χ0) is 13.5. The van der Waals surface area contributed by atoms with Crippen LogP contribution < -0.4 is 5.73 Å². The molecule has 0 aromatic carbocycles. The Hall–Kier alpha value is -0.800. The van der Waals surface area contributed by atoms with Crippen LogP contribution in [0, 0.1) is 5.41 Å². The minimum atomic E-state index is 0.273. The molecule has 1 aliphatic carbocycles. The Bertz CT molecular complexity index is 441. The van der Waals surface area contributed by atoms with Crippen LogP contribution in [0.2, 0.25) is 0 Å². The van der Waals surface area contributed by atoms with Gasteiger partial charge in [0.05, 0.1) is 0 Å². The molecular weight excluding hydrogens is 234 g/mol. The van der Waals surface area contributed by atoms with E-state index in [4.69, 9.17) is 5.73 Å². The smallest absolute Gasteiger partial charge is 0.0312 e. The Kier molecular flexibility index (Phi) is 3.44. The lowest BCUT2D eigenvalue weighted by molar-refractivity contribution is 0.119. The molecule has 0 saturated carbocycles. The van der Waals surface area contributed by atoms with Gasteiger partial charge in [-0.15, -0.1) is 0 Å². The fourth-order valence-corrected chi connectivity index (χ4v) is 3.67. The van der Waals surface area contributed by atoms with Crippen molar-refractivity contribution in [2.75, 3.05) is 20.1 Å². The SMILES string of the molecule is CN1CCC(C)(Cn2ccc3c2CCCC3N)CC1. The molecule has 3 heteroatoms. The average Bonchev–Trinajstić information content (AvgIpc) is 2.78. The number of aromatic nitrogens is 1. The van der Waals surface area contributed by atoms with Crippen molar-refractivity contribution < 1.29 is 0 Å². The molecule has 3 nitrogen and oxygen atoms in total. The first-order valence-corrected chi connectivity index (χ1v) is 7.69. The highest BCUT2D eigenvalue weighted by Gasteiger charge is 2.30. The molecule has 1 saturated heterocycles. The van der Waals surface area contributed by atoms with Crippen molar-refractivity contribution in [3.8, 4) is 0 Å². The Labute approximate surface area is 116 Å². The monoisotopic (exact) mass is 261 g/mol. The van der Waals surface area contributed by atoms with Gasteiger partial charge in [0.2, 0.25) is 0 Å². The lowest BCUT2D eigenvalue weighted by Gasteiger charge is -2.38. The van der Waals surface area contributed by atoms with Gasteiger partial charge in [-0.3, -0.25) is 0 Å². The molecule has 1 aliphatic heterocycles. The molecule has 3 rings (SSSR count). The number of nitrogens with zero attached hydrogens (tertiary/aromatic N) is 2. The van der Waals surface area contributed by atoms with Gasteiger partial charge in [-0.25, -0.2) is 0 Å². The summed E-state index contributed by atoms with van der Waals surface area (Å²) in [5.41, 5.74) is 9.60. The van der Waals surface area contributed by atoms with Crippen LogP contribution in [0.3, 0.4) is 0 Å². The first kappa shape index (κ1) is 13.2. The third-order valence-corrected chi connectivity index (χ3v) is 5.19. The molecule has 1 aromatic heterocycles. The molecule has 1 aromatic rings. The predicted molar refractivity (Wildman–Crippen MR) is 79.1 cm³/mol. The highest BCUT2D eigenvalue weighted by molar-refractivity contribution is 5.28. The number of nitrogens with two attached hydrogens (primary N) is 1. The third kappa shape index (κ3) is 2.59. The second-order valence-electron chi connectivity index (χ2n) is 6.96. The number of rotatable bonds is 2. The van der Waals surface area contributed by atoms with Crippen LogP contribution in [0.25, 0.3) is 0 Å². The number of likely N-dealkylation sites (tertiary alicyclic amines) is 1. The van der Waals surface area contributed by atoms with Gasteiger partial charge in [0.1, 0.15) is 0 Å². The van der Waals surface area contributed by atoms with Crippen molar-refractivity contribution in [2.24, 2.45) is 11.1 Å². The van der Waals surface area contributed by atoms with Gasteiger partial charge in [0.15, 0.2) is 0 Å². The summed E-state index contributed by atoms with van der Waals surface area (Å²) < 4.78 is 2.50. The molecule has 1 fully saturated rings. The van der Waals surface area contributed by atoms with Crippen LogP contribution in [0.5, 0.6) is 0 Å². The Balaban J connectivity index is 1.77. The highest BCUT2D eigenvalue weighted by Crippen LogP contribution is 2.35. The van der Waals surface area contributed by atoms with Crippen LogP contribution in [0.4, 0.5) is 0 Å². The van der Waals surface area contributed by atoms with Crippen molar-refractivity contribution in [2.45, 2.75) is 51.6 Å². The van der Waals surface area contributed by atoms with E-state index in [1.54, 1.807) is 0 Å². The maximum absolute atomic E-state index is 6.22. The van der Waals surface area contributed by atoms with Crippen LogP contribution in [-0.4, -0.2) is 29.6 Å². The summed E-state index contributed by atoms with van der Waals surface area (Å²) in [6, 6.07) is 2.53. The van der Waals surface area contributed by atoms with Gasteiger partial charge < -0.3 is 15.2 Å². The van der Waals surface area contributed by atoms with Crippen molar-refractivity contribution in [3.05, 3.63) is 23.5 Å². The molecule has 2 N–H and O–H groups in total. The molecule has 2 heterocycles. The molecule has 1 unspecified atom stereocenters. The van der Waals surface area contributed by atoms with Gasteiger partial charge in [0, 0.05) is 24.5 Å². The molecule has 0 bridgehead atoms. The van der Waals surface area contributed by atoms with E-state index in [1.807, 2.05) is 0 Å². The zero-order valence-electron chi connectivity index (χ0n) is 12.4. The van der Waals surface area contributed by atoms with Gasteiger partial charge in [-0.05, 0) is 69.3 Å². The van der Waals surface area contributed by atoms with E-state index < -0.39 is 0 Å². The Morgan fingerprint density at radius 2 is 2.11 bits per heavy atom. The van der Waals surface area contributed by atoms with Crippen LogP contribution in [-0.2, 0) is 13.0 Å². The number of fused-ring (bicyclic) bond motifs is 1. The van der Waals surface area contributed by atoms with E-state index in [0.29, 0.717) is 5.41 Å². The molecule has 0 radical (unpaired) electrons. The van der Waals surface area contributed by atoms with Crippen molar-refractivity contribution in [1.82, 2.24) is 9.47 Å². The minimum Gasteiger partial charge on any atom is -0.351 e. The van der Waals surface area contributed by atoms with E-state index in [0.717, 1.165) is 6.42 Å². The number of hydrogen-bond donors (Lipinski definition) is 1. The Morgan fingerprint density at radius 3 is 2.84 bits per heavy atom. The molecule has 0 spiro atoms. The van der Waals surface area contributed by atoms with Crippen molar-refractivity contribution in [1.29, 1.82) is 0 Å². The van der Waals surface area contributed by atoms with Gasteiger partial charge in [0.25, 0.3) is 0 Å². The fraction of sp³-hybridized carbons (Fsp3) is 0.750. The summed E-state index contributed by atoms with van der Waals surface area (Å²) in [6.07, 6.45) is 8.51. The van der Waals surface area contributed by atoms with Gasteiger partial charge in [-0.1, -0.05) is 6.92 Å². The van der Waals surface area contributed by atoms with Crippen LogP contribution >= 0.6 is 0 Å². The first-order valence-electron chi connectivity index (χ1n) is 7.69. The largest absolute Gasteiger partial charge is 0.351 e. The number of hydrogen-bond acceptors (Lipinski definition) is 2. The first-order chi connectivity index (χ1) is 9.07. The quantitative estimate of drug-likeness (QED) is 0.888. The van der Waals surface area contributed by atoms with Crippen LogP contribution in [0.1, 0.15) is 49.9 Å². The summed E-state index contributed by atoms with van der Waals surface area (Å²) in [5.74, 6) is 0. The van der Waals surface area contributed by atoms with E-state index in [2.05, 4.69) is 35.7 Å². The minimum absolute atomic E-state index is 0.273. The normalized spacial score (nSPS) is 27.2. The van der Waals surface area contributed by atoms with E-state index >= 15 is 0 Å². The van der Waals surface area contributed by atoms with E-state index in [1.165, 1.54) is 56.6 Å². The predicted octanol–water partition coefficient (Wildman–Crippen LogP) is 2.56. The second kappa shape index (κ2) is 4.95. The average molecular weight is 261 g/mol. The zero-order valence-corrected chi connectivity index (χ0v) is 12.4.